The second-order valence-corrected chi connectivity index (χ2v) is 3.98. The second kappa shape index (κ2) is 6.16. The average Bonchev–Trinajstić information content (AvgIpc) is 2.78. The van der Waals surface area contributed by atoms with Crippen LogP contribution in [-0.2, 0) is 20.1 Å². The standard InChI is InChI=1S/C13H18N4O/c1-3-18-12-7-5-4-6-11(12)8-14-9-13-15-10-17(2)16-13/h4-7,10,14H,3,8-9H2,1-2H3. The molecule has 0 spiro atoms. The molecule has 0 aliphatic rings. The largest absolute Gasteiger partial charge is 0.494 e. The van der Waals surface area contributed by atoms with Crippen LogP contribution in [0, 0.1) is 0 Å². The third kappa shape index (κ3) is 3.30. The molecule has 18 heavy (non-hydrogen) atoms. The van der Waals surface area contributed by atoms with Crippen molar-refractivity contribution in [1.29, 1.82) is 0 Å². The molecular weight excluding hydrogens is 228 g/mol. The van der Waals surface area contributed by atoms with Gasteiger partial charge in [0, 0.05) is 19.2 Å². The van der Waals surface area contributed by atoms with E-state index in [0.29, 0.717) is 13.2 Å². The van der Waals surface area contributed by atoms with Crippen molar-refractivity contribution in [3.8, 4) is 5.75 Å². The summed E-state index contributed by atoms with van der Waals surface area (Å²) in [5.41, 5.74) is 1.15. The Labute approximate surface area is 107 Å². The molecule has 0 amide bonds. The summed E-state index contributed by atoms with van der Waals surface area (Å²) in [5.74, 6) is 1.73. The van der Waals surface area contributed by atoms with Crippen LogP contribution in [0.5, 0.6) is 5.75 Å². The predicted molar refractivity (Wildman–Crippen MR) is 69.2 cm³/mol. The molecule has 0 aliphatic carbocycles. The lowest BCUT2D eigenvalue weighted by Gasteiger charge is -2.10. The molecule has 5 heteroatoms. The molecular formula is C13H18N4O. The summed E-state index contributed by atoms with van der Waals surface area (Å²) in [6.45, 7) is 4.07. The summed E-state index contributed by atoms with van der Waals surface area (Å²) in [6.07, 6.45) is 1.70. The lowest BCUT2D eigenvalue weighted by Crippen LogP contribution is -2.14. The minimum Gasteiger partial charge on any atom is -0.494 e. The number of aromatic nitrogens is 3. The van der Waals surface area contributed by atoms with E-state index in [1.54, 1.807) is 11.0 Å². The molecule has 0 radical (unpaired) electrons. The fraction of sp³-hybridized carbons (Fsp3) is 0.385. The van der Waals surface area contributed by atoms with Gasteiger partial charge in [-0.25, -0.2) is 4.98 Å². The quantitative estimate of drug-likeness (QED) is 0.839. The zero-order valence-electron chi connectivity index (χ0n) is 10.8. The maximum absolute atomic E-state index is 5.57. The van der Waals surface area contributed by atoms with Crippen molar-refractivity contribution in [2.75, 3.05) is 6.61 Å². The number of hydrogen-bond donors (Lipinski definition) is 1. The predicted octanol–water partition coefficient (Wildman–Crippen LogP) is 1.50. The number of benzene rings is 1. The highest BCUT2D eigenvalue weighted by Crippen LogP contribution is 2.17. The van der Waals surface area contributed by atoms with Gasteiger partial charge in [-0.3, -0.25) is 4.68 Å². The van der Waals surface area contributed by atoms with Crippen molar-refractivity contribution in [3.63, 3.8) is 0 Å². The molecule has 0 fully saturated rings. The normalized spacial score (nSPS) is 10.6. The van der Waals surface area contributed by atoms with Crippen LogP contribution in [0.2, 0.25) is 0 Å². The Balaban J connectivity index is 1.89. The van der Waals surface area contributed by atoms with Crippen LogP contribution in [0.1, 0.15) is 18.3 Å². The van der Waals surface area contributed by atoms with Gasteiger partial charge < -0.3 is 10.1 Å². The summed E-state index contributed by atoms with van der Waals surface area (Å²) < 4.78 is 7.27. The minimum absolute atomic E-state index is 0.654. The summed E-state index contributed by atoms with van der Waals surface area (Å²) in [6, 6.07) is 8.04. The first kappa shape index (κ1) is 12.6. The van der Waals surface area contributed by atoms with Crippen LogP contribution >= 0.6 is 0 Å². The van der Waals surface area contributed by atoms with E-state index in [-0.39, 0.29) is 0 Å². The number of aryl methyl sites for hydroxylation is 1. The van der Waals surface area contributed by atoms with Crippen LogP contribution in [-0.4, -0.2) is 21.4 Å². The molecule has 0 unspecified atom stereocenters. The first-order valence-corrected chi connectivity index (χ1v) is 6.05. The fourth-order valence-electron chi connectivity index (χ4n) is 1.72. The van der Waals surface area contributed by atoms with Crippen LogP contribution in [0.25, 0.3) is 0 Å². The maximum Gasteiger partial charge on any atom is 0.164 e. The molecule has 2 rings (SSSR count). The van der Waals surface area contributed by atoms with Gasteiger partial charge in [0.15, 0.2) is 5.82 Å². The molecule has 0 aliphatic heterocycles. The zero-order valence-corrected chi connectivity index (χ0v) is 10.8. The Hall–Kier alpha value is -1.88. The topological polar surface area (TPSA) is 52.0 Å². The van der Waals surface area contributed by atoms with Gasteiger partial charge >= 0.3 is 0 Å². The van der Waals surface area contributed by atoms with Gasteiger partial charge in [0.1, 0.15) is 12.1 Å². The second-order valence-electron chi connectivity index (χ2n) is 3.98. The van der Waals surface area contributed by atoms with E-state index in [1.807, 2.05) is 32.2 Å². The van der Waals surface area contributed by atoms with Crippen LogP contribution in [0.3, 0.4) is 0 Å². The molecule has 1 heterocycles. The summed E-state index contributed by atoms with van der Waals surface area (Å²) in [4.78, 5) is 4.16. The Bertz CT molecular complexity index is 495. The van der Waals surface area contributed by atoms with Gasteiger partial charge in [0.25, 0.3) is 0 Å². The van der Waals surface area contributed by atoms with E-state index in [2.05, 4.69) is 21.5 Å². The highest BCUT2D eigenvalue weighted by Gasteiger charge is 2.03. The molecule has 1 aromatic carbocycles. The fourth-order valence-corrected chi connectivity index (χ4v) is 1.72. The molecule has 0 bridgehead atoms. The first-order valence-electron chi connectivity index (χ1n) is 6.05. The minimum atomic E-state index is 0.654. The Morgan fingerprint density at radius 1 is 1.28 bits per heavy atom. The van der Waals surface area contributed by atoms with Gasteiger partial charge in [0.2, 0.25) is 0 Å². The van der Waals surface area contributed by atoms with E-state index < -0.39 is 0 Å². The van der Waals surface area contributed by atoms with Crippen LogP contribution in [0.15, 0.2) is 30.6 Å². The summed E-state index contributed by atoms with van der Waals surface area (Å²) >= 11 is 0. The van der Waals surface area contributed by atoms with Crippen LogP contribution in [0.4, 0.5) is 0 Å². The lowest BCUT2D eigenvalue weighted by molar-refractivity contribution is 0.335. The third-order valence-electron chi connectivity index (χ3n) is 2.52. The molecule has 5 nitrogen and oxygen atoms in total. The van der Waals surface area contributed by atoms with Crippen molar-refractivity contribution >= 4 is 0 Å². The molecule has 2 aromatic rings. The molecule has 1 aromatic heterocycles. The van der Waals surface area contributed by atoms with Crippen molar-refractivity contribution in [1.82, 2.24) is 20.1 Å². The molecule has 0 saturated carbocycles. The van der Waals surface area contributed by atoms with Gasteiger partial charge in [-0.2, -0.15) is 5.10 Å². The average molecular weight is 246 g/mol. The smallest absolute Gasteiger partial charge is 0.164 e. The van der Waals surface area contributed by atoms with Crippen LogP contribution < -0.4 is 10.1 Å². The number of nitrogens with one attached hydrogen (secondary N) is 1. The number of rotatable bonds is 6. The van der Waals surface area contributed by atoms with Crippen molar-refractivity contribution < 1.29 is 4.74 Å². The number of ether oxygens (including phenoxy) is 1. The van der Waals surface area contributed by atoms with Gasteiger partial charge in [0.05, 0.1) is 13.2 Å². The van der Waals surface area contributed by atoms with Crippen molar-refractivity contribution in [2.24, 2.45) is 7.05 Å². The maximum atomic E-state index is 5.57. The summed E-state index contributed by atoms with van der Waals surface area (Å²) in [7, 11) is 1.86. The molecule has 0 saturated heterocycles. The van der Waals surface area contributed by atoms with Gasteiger partial charge in [-0.05, 0) is 13.0 Å². The monoisotopic (exact) mass is 246 g/mol. The van der Waals surface area contributed by atoms with E-state index in [1.165, 1.54) is 0 Å². The molecule has 1 N–H and O–H groups in total. The Morgan fingerprint density at radius 2 is 2.11 bits per heavy atom. The van der Waals surface area contributed by atoms with E-state index >= 15 is 0 Å². The first-order chi connectivity index (χ1) is 8.79. The van der Waals surface area contributed by atoms with E-state index in [0.717, 1.165) is 23.7 Å². The van der Waals surface area contributed by atoms with E-state index in [4.69, 9.17) is 4.74 Å². The summed E-state index contributed by atoms with van der Waals surface area (Å²) in [5, 5.41) is 7.52. The van der Waals surface area contributed by atoms with Gasteiger partial charge in [-0.15, -0.1) is 0 Å². The highest BCUT2D eigenvalue weighted by molar-refractivity contribution is 5.33. The van der Waals surface area contributed by atoms with Gasteiger partial charge in [-0.1, -0.05) is 18.2 Å². The number of hydrogen-bond acceptors (Lipinski definition) is 4. The SMILES string of the molecule is CCOc1ccccc1CNCc1ncn(C)n1. The third-order valence-corrected chi connectivity index (χ3v) is 2.52. The number of para-hydroxylation sites is 1. The highest BCUT2D eigenvalue weighted by atomic mass is 16.5. The molecule has 96 valence electrons. The Kier molecular flexibility index (Phi) is 4.30. The van der Waals surface area contributed by atoms with E-state index in [9.17, 15) is 0 Å². The number of nitrogens with zero attached hydrogens (tertiary/aromatic N) is 3. The zero-order chi connectivity index (χ0) is 12.8. The lowest BCUT2D eigenvalue weighted by atomic mass is 10.2. The van der Waals surface area contributed by atoms with Crippen molar-refractivity contribution in [3.05, 3.63) is 42.0 Å². The van der Waals surface area contributed by atoms with Crippen molar-refractivity contribution in [2.45, 2.75) is 20.0 Å². The Morgan fingerprint density at radius 3 is 2.83 bits per heavy atom. The molecule has 0 atom stereocenters.